The molecule has 0 unspecified atom stereocenters. The summed E-state index contributed by atoms with van der Waals surface area (Å²) >= 11 is 7.63. The van der Waals surface area contributed by atoms with Crippen LogP contribution in [-0.4, -0.2) is 18.1 Å². The van der Waals surface area contributed by atoms with Crippen LogP contribution >= 0.6 is 22.9 Å². The second-order valence-electron chi connectivity index (χ2n) is 6.27. The number of nitrogens with zero attached hydrogens (tertiary/aromatic N) is 1. The Morgan fingerprint density at radius 1 is 0.933 bits per heavy atom. The monoisotopic (exact) mass is 434 g/mol. The molecule has 1 aromatic heterocycles. The second-order valence-corrected chi connectivity index (χ2v) is 7.70. The number of esters is 1. The Kier molecular flexibility index (Phi) is 5.88. The minimum Gasteiger partial charge on any atom is -0.422 e. The van der Waals surface area contributed by atoms with Crippen LogP contribution in [-0.2, 0) is 0 Å². The second kappa shape index (κ2) is 8.90. The fraction of sp³-hybridized carbons (Fsp3) is 0. The van der Waals surface area contributed by atoms with Gasteiger partial charge in [-0.25, -0.2) is 10.2 Å². The Balaban J connectivity index is 1.39. The Bertz CT molecular complexity index is 1230. The first-order valence-corrected chi connectivity index (χ1v) is 10.2. The Morgan fingerprint density at radius 2 is 1.63 bits per heavy atom. The first-order valence-electron chi connectivity index (χ1n) is 8.99. The van der Waals surface area contributed by atoms with E-state index >= 15 is 0 Å². The van der Waals surface area contributed by atoms with Gasteiger partial charge >= 0.3 is 5.97 Å². The molecule has 0 aliphatic heterocycles. The summed E-state index contributed by atoms with van der Waals surface area (Å²) in [6.45, 7) is 0. The van der Waals surface area contributed by atoms with Gasteiger partial charge in [-0.15, -0.1) is 11.3 Å². The molecule has 0 saturated heterocycles. The summed E-state index contributed by atoms with van der Waals surface area (Å²) in [7, 11) is 0. The van der Waals surface area contributed by atoms with Crippen molar-refractivity contribution in [3.05, 3.63) is 99.9 Å². The minimum atomic E-state index is -0.502. The van der Waals surface area contributed by atoms with E-state index in [0.717, 1.165) is 15.6 Å². The number of halogens is 1. The van der Waals surface area contributed by atoms with Crippen molar-refractivity contribution in [1.29, 1.82) is 0 Å². The molecule has 5 nitrogen and oxygen atoms in total. The van der Waals surface area contributed by atoms with Crippen molar-refractivity contribution in [3.63, 3.8) is 0 Å². The maximum Gasteiger partial charge on any atom is 0.355 e. The lowest BCUT2D eigenvalue weighted by molar-refractivity contribution is 0.0739. The average Bonchev–Trinajstić information content (AvgIpc) is 3.12. The zero-order valence-corrected chi connectivity index (χ0v) is 17.1. The molecular weight excluding hydrogens is 420 g/mol. The van der Waals surface area contributed by atoms with Crippen molar-refractivity contribution < 1.29 is 14.3 Å². The molecule has 0 bridgehead atoms. The summed E-state index contributed by atoms with van der Waals surface area (Å²) in [5.74, 6) is -0.408. The molecule has 30 heavy (non-hydrogen) atoms. The summed E-state index contributed by atoms with van der Waals surface area (Å²) in [5.41, 5.74) is 3.73. The molecule has 4 aromatic rings. The third-order valence-corrected chi connectivity index (χ3v) is 5.88. The van der Waals surface area contributed by atoms with Crippen LogP contribution in [0.2, 0.25) is 5.02 Å². The molecule has 0 atom stereocenters. The standard InChI is InChI=1S/C23H15ClN2O3S/c24-20-18-8-4-5-9-19(18)30-21(20)23(28)29-17-12-10-15(11-13-17)14-25-26-22(27)16-6-2-1-3-7-16/h1-14H,(H,26,27)/b25-14+. The third-order valence-electron chi connectivity index (χ3n) is 4.23. The minimum absolute atomic E-state index is 0.294. The molecule has 0 radical (unpaired) electrons. The first-order chi connectivity index (χ1) is 14.6. The van der Waals surface area contributed by atoms with Gasteiger partial charge in [0.15, 0.2) is 0 Å². The van der Waals surface area contributed by atoms with Gasteiger partial charge in [0.2, 0.25) is 0 Å². The van der Waals surface area contributed by atoms with Crippen molar-refractivity contribution in [1.82, 2.24) is 5.43 Å². The fourth-order valence-corrected chi connectivity index (χ4v) is 4.13. The number of hydrogen-bond donors (Lipinski definition) is 1. The van der Waals surface area contributed by atoms with Crippen LogP contribution < -0.4 is 10.2 Å². The maximum absolute atomic E-state index is 12.5. The third kappa shape index (κ3) is 4.40. The number of amides is 1. The van der Waals surface area contributed by atoms with E-state index < -0.39 is 5.97 Å². The lowest BCUT2D eigenvalue weighted by Gasteiger charge is -2.03. The molecule has 1 N–H and O–H groups in total. The fourth-order valence-electron chi connectivity index (χ4n) is 2.74. The van der Waals surface area contributed by atoms with Crippen LogP contribution in [0.25, 0.3) is 10.1 Å². The molecule has 1 amide bonds. The Labute approximate surface area is 181 Å². The smallest absolute Gasteiger partial charge is 0.355 e. The van der Waals surface area contributed by atoms with Crippen LogP contribution in [0.5, 0.6) is 5.75 Å². The van der Waals surface area contributed by atoms with E-state index in [9.17, 15) is 9.59 Å². The number of nitrogens with one attached hydrogen (secondary N) is 1. The van der Waals surface area contributed by atoms with Crippen molar-refractivity contribution >= 4 is 51.1 Å². The normalized spacial score (nSPS) is 11.0. The van der Waals surface area contributed by atoms with Gasteiger partial charge < -0.3 is 4.74 Å². The van der Waals surface area contributed by atoms with Crippen LogP contribution in [0.4, 0.5) is 0 Å². The number of rotatable bonds is 5. The first kappa shape index (κ1) is 19.8. The molecule has 148 valence electrons. The van der Waals surface area contributed by atoms with E-state index in [4.69, 9.17) is 16.3 Å². The highest BCUT2D eigenvalue weighted by molar-refractivity contribution is 7.21. The molecular formula is C23H15ClN2O3S. The van der Waals surface area contributed by atoms with Crippen molar-refractivity contribution in [2.24, 2.45) is 5.10 Å². The molecule has 0 saturated carbocycles. The van der Waals surface area contributed by atoms with Crippen molar-refractivity contribution in [2.45, 2.75) is 0 Å². The van der Waals surface area contributed by atoms with Gasteiger partial charge in [0, 0.05) is 15.6 Å². The maximum atomic E-state index is 12.5. The highest BCUT2D eigenvalue weighted by Crippen LogP contribution is 2.35. The quantitative estimate of drug-likeness (QED) is 0.194. The zero-order chi connectivity index (χ0) is 20.9. The number of fused-ring (bicyclic) bond motifs is 1. The van der Waals surface area contributed by atoms with Crippen molar-refractivity contribution in [2.75, 3.05) is 0 Å². The van der Waals surface area contributed by atoms with Crippen molar-refractivity contribution in [3.8, 4) is 5.75 Å². The molecule has 0 aliphatic carbocycles. The van der Waals surface area contributed by atoms with Gasteiger partial charge in [-0.05, 0) is 48.0 Å². The Morgan fingerprint density at radius 3 is 2.37 bits per heavy atom. The highest BCUT2D eigenvalue weighted by Gasteiger charge is 2.18. The Hall–Kier alpha value is -3.48. The molecule has 1 heterocycles. The van der Waals surface area contributed by atoms with E-state index in [1.165, 1.54) is 17.6 Å². The number of carbonyl (C=O) groups is 2. The number of hydrazone groups is 1. The van der Waals surface area contributed by atoms with Gasteiger partial charge in [0.05, 0.1) is 11.2 Å². The zero-order valence-electron chi connectivity index (χ0n) is 15.5. The number of hydrogen-bond acceptors (Lipinski definition) is 5. The SMILES string of the molecule is O=C(N/N=C/c1ccc(OC(=O)c2sc3ccccc3c2Cl)cc1)c1ccccc1. The van der Waals surface area contributed by atoms with Gasteiger partial charge in [0.1, 0.15) is 10.6 Å². The van der Waals surface area contributed by atoms with Crippen LogP contribution in [0.1, 0.15) is 25.6 Å². The largest absolute Gasteiger partial charge is 0.422 e. The van der Waals surface area contributed by atoms with E-state index in [-0.39, 0.29) is 5.91 Å². The molecule has 0 aliphatic rings. The van der Waals surface area contributed by atoms with Crippen LogP contribution in [0.15, 0.2) is 84.0 Å². The number of benzene rings is 3. The van der Waals surface area contributed by atoms with Gasteiger partial charge in [-0.2, -0.15) is 5.10 Å². The lowest BCUT2D eigenvalue weighted by atomic mass is 10.2. The summed E-state index contributed by atoms with van der Waals surface area (Å²) in [6.07, 6.45) is 1.51. The molecule has 0 fully saturated rings. The summed E-state index contributed by atoms with van der Waals surface area (Å²) in [5, 5.41) is 5.18. The van der Waals surface area contributed by atoms with E-state index in [0.29, 0.717) is 21.2 Å². The predicted octanol–water partition coefficient (Wildman–Crippen LogP) is 5.54. The number of carbonyl (C=O) groups excluding carboxylic acids is 2. The van der Waals surface area contributed by atoms with Crippen LogP contribution in [0, 0.1) is 0 Å². The summed E-state index contributed by atoms with van der Waals surface area (Å²) in [6, 6.07) is 23.1. The molecule has 4 rings (SSSR count). The highest BCUT2D eigenvalue weighted by atomic mass is 35.5. The van der Waals surface area contributed by atoms with E-state index in [1.807, 2.05) is 30.3 Å². The van der Waals surface area contributed by atoms with Gasteiger partial charge in [0.25, 0.3) is 5.91 Å². The average molecular weight is 435 g/mol. The summed E-state index contributed by atoms with van der Waals surface area (Å²) < 4.78 is 6.37. The topological polar surface area (TPSA) is 67.8 Å². The number of ether oxygens (including phenoxy) is 1. The number of thiophene rings is 1. The summed E-state index contributed by atoms with van der Waals surface area (Å²) in [4.78, 5) is 24.8. The van der Waals surface area contributed by atoms with E-state index in [2.05, 4.69) is 10.5 Å². The molecule has 7 heteroatoms. The molecule has 3 aromatic carbocycles. The lowest BCUT2D eigenvalue weighted by Crippen LogP contribution is -2.17. The molecule has 0 spiro atoms. The predicted molar refractivity (Wildman–Crippen MR) is 120 cm³/mol. The van der Waals surface area contributed by atoms with Gasteiger partial charge in [-0.1, -0.05) is 48.0 Å². The van der Waals surface area contributed by atoms with E-state index in [1.54, 1.807) is 48.5 Å². The van der Waals surface area contributed by atoms with Crippen LogP contribution in [0.3, 0.4) is 0 Å². The van der Waals surface area contributed by atoms with Gasteiger partial charge in [-0.3, -0.25) is 4.79 Å².